The summed E-state index contributed by atoms with van der Waals surface area (Å²) in [6, 6.07) is 2.26. The van der Waals surface area contributed by atoms with Gasteiger partial charge in [-0.05, 0) is 12.1 Å². The molecule has 3 N–H and O–H groups in total. The molecule has 0 saturated carbocycles. The molecule has 2 heterocycles. The summed E-state index contributed by atoms with van der Waals surface area (Å²) in [5.74, 6) is 2.28. The third-order valence-corrected chi connectivity index (χ3v) is 4.07. The lowest BCUT2D eigenvalue weighted by atomic mass is 10.2. The maximum Gasteiger partial charge on any atom is 0.419 e. The number of nitrogens with two attached hydrogens (primary N) is 1. The van der Waals surface area contributed by atoms with Crippen molar-refractivity contribution in [3.8, 4) is 0 Å². The fourth-order valence-electron chi connectivity index (χ4n) is 2.01. The SMILES string of the molecule is NC(=NCCNc1ncccc1C(F)(F)F)N1CCSCC1. The second-order valence-corrected chi connectivity index (χ2v) is 5.89. The zero-order valence-corrected chi connectivity index (χ0v) is 12.8. The van der Waals surface area contributed by atoms with Gasteiger partial charge in [0, 0.05) is 37.3 Å². The van der Waals surface area contributed by atoms with E-state index in [1.165, 1.54) is 12.3 Å². The van der Waals surface area contributed by atoms with E-state index in [-0.39, 0.29) is 12.4 Å². The van der Waals surface area contributed by atoms with Gasteiger partial charge in [0.1, 0.15) is 5.82 Å². The molecule has 0 bridgehead atoms. The number of nitrogens with zero attached hydrogens (tertiary/aromatic N) is 3. The Hall–Kier alpha value is -1.64. The molecule has 1 aromatic heterocycles. The number of halogens is 3. The largest absolute Gasteiger partial charge is 0.419 e. The van der Waals surface area contributed by atoms with Gasteiger partial charge in [0.15, 0.2) is 5.96 Å². The number of guanidine groups is 1. The predicted octanol–water partition coefficient (Wildman–Crippen LogP) is 1.88. The summed E-state index contributed by atoms with van der Waals surface area (Å²) in [6.07, 6.45) is -3.11. The first kappa shape index (κ1) is 16.7. The van der Waals surface area contributed by atoms with Crippen LogP contribution in [-0.2, 0) is 6.18 Å². The first-order valence-electron chi connectivity index (χ1n) is 6.87. The highest BCUT2D eigenvalue weighted by Gasteiger charge is 2.33. The molecule has 0 aromatic carbocycles. The maximum absolute atomic E-state index is 12.8. The smallest absolute Gasteiger partial charge is 0.370 e. The van der Waals surface area contributed by atoms with E-state index in [0.717, 1.165) is 30.7 Å². The molecule has 0 atom stereocenters. The number of hydrogen-bond acceptors (Lipinski definition) is 4. The van der Waals surface area contributed by atoms with Crippen LogP contribution in [0.25, 0.3) is 0 Å². The minimum absolute atomic E-state index is 0.182. The van der Waals surface area contributed by atoms with Crippen molar-refractivity contribution in [3.05, 3.63) is 23.9 Å². The van der Waals surface area contributed by atoms with Gasteiger partial charge in [0.05, 0.1) is 12.1 Å². The number of alkyl halides is 3. The van der Waals surface area contributed by atoms with Crippen LogP contribution in [0.5, 0.6) is 0 Å². The van der Waals surface area contributed by atoms with Crippen molar-refractivity contribution < 1.29 is 13.2 Å². The van der Waals surface area contributed by atoms with E-state index in [2.05, 4.69) is 15.3 Å². The van der Waals surface area contributed by atoms with E-state index in [0.29, 0.717) is 12.5 Å². The summed E-state index contributed by atoms with van der Waals surface area (Å²) in [5.41, 5.74) is 5.09. The Labute approximate surface area is 131 Å². The molecule has 1 aromatic rings. The highest BCUT2D eigenvalue weighted by atomic mass is 32.2. The molecule has 5 nitrogen and oxygen atoms in total. The summed E-state index contributed by atoms with van der Waals surface area (Å²) in [7, 11) is 0. The number of anilines is 1. The average molecular weight is 333 g/mol. The monoisotopic (exact) mass is 333 g/mol. The molecule has 0 radical (unpaired) electrons. The summed E-state index contributed by atoms with van der Waals surface area (Å²) < 4.78 is 38.4. The minimum atomic E-state index is -4.43. The van der Waals surface area contributed by atoms with Gasteiger partial charge in [-0.1, -0.05) is 0 Å². The Kier molecular flexibility index (Phi) is 5.76. The summed E-state index contributed by atoms with van der Waals surface area (Å²) in [4.78, 5) is 9.91. The van der Waals surface area contributed by atoms with E-state index in [9.17, 15) is 13.2 Å². The van der Waals surface area contributed by atoms with Crippen LogP contribution >= 0.6 is 11.8 Å². The Morgan fingerprint density at radius 2 is 2.14 bits per heavy atom. The van der Waals surface area contributed by atoms with Crippen LogP contribution in [0.2, 0.25) is 0 Å². The van der Waals surface area contributed by atoms with Crippen LogP contribution in [0.1, 0.15) is 5.56 Å². The van der Waals surface area contributed by atoms with Crippen molar-refractivity contribution in [1.82, 2.24) is 9.88 Å². The highest BCUT2D eigenvalue weighted by Crippen LogP contribution is 2.33. The van der Waals surface area contributed by atoms with Gasteiger partial charge in [-0.15, -0.1) is 0 Å². The van der Waals surface area contributed by atoms with Crippen LogP contribution in [0, 0.1) is 0 Å². The first-order chi connectivity index (χ1) is 10.5. The van der Waals surface area contributed by atoms with Gasteiger partial charge in [0.25, 0.3) is 0 Å². The standard InChI is InChI=1S/C13H18F3N5S/c14-13(15,16)10-2-1-3-18-11(10)19-4-5-20-12(17)21-6-8-22-9-7-21/h1-3H,4-9H2,(H2,17,20)(H,18,19). The van der Waals surface area contributed by atoms with Crippen molar-refractivity contribution in [2.24, 2.45) is 10.7 Å². The zero-order chi connectivity index (χ0) is 16.0. The molecule has 0 aliphatic carbocycles. The van der Waals surface area contributed by atoms with Crippen molar-refractivity contribution in [1.29, 1.82) is 0 Å². The molecule has 1 saturated heterocycles. The predicted molar refractivity (Wildman–Crippen MR) is 83.1 cm³/mol. The molecule has 1 aliphatic heterocycles. The lowest BCUT2D eigenvalue weighted by molar-refractivity contribution is -0.137. The minimum Gasteiger partial charge on any atom is -0.370 e. The normalized spacial score (nSPS) is 16.7. The number of hydrogen-bond donors (Lipinski definition) is 2. The number of aliphatic imine (C=N–C) groups is 1. The second kappa shape index (κ2) is 7.57. The zero-order valence-electron chi connectivity index (χ0n) is 11.9. The maximum atomic E-state index is 12.8. The third-order valence-electron chi connectivity index (χ3n) is 3.13. The van der Waals surface area contributed by atoms with E-state index in [1.807, 2.05) is 16.7 Å². The molecular weight excluding hydrogens is 315 g/mol. The fourth-order valence-corrected chi connectivity index (χ4v) is 2.92. The van der Waals surface area contributed by atoms with E-state index < -0.39 is 11.7 Å². The van der Waals surface area contributed by atoms with Crippen LogP contribution < -0.4 is 11.1 Å². The lowest BCUT2D eigenvalue weighted by Crippen LogP contribution is -2.42. The molecular formula is C13H18F3N5S. The molecule has 0 spiro atoms. The van der Waals surface area contributed by atoms with Crippen molar-refractivity contribution in [2.45, 2.75) is 6.18 Å². The van der Waals surface area contributed by atoms with Crippen molar-refractivity contribution >= 4 is 23.5 Å². The van der Waals surface area contributed by atoms with Gasteiger partial charge in [-0.2, -0.15) is 24.9 Å². The second-order valence-electron chi connectivity index (χ2n) is 4.66. The van der Waals surface area contributed by atoms with Crippen molar-refractivity contribution in [3.63, 3.8) is 0 Å². The molecule has 1 fully saturated rings. The Morgan fingerprint density at radius 3 is 2.82 bits per heavy atom. The molecule has 0 unspecified atom stereocenters. The molecule has 1 aliphatic rings. The molecule has 0 amide bonds. The Bertz CT molecular complexity index is 515. The molecule has 122 valence electrons. The number of thioether (sulfide) groups is 1. The number of rotatable bonds is 4. The average Bonchev–Trinajstić information content (AvgIpc) is 2.51. The van der Waals surface area contributed by atoms with Crippen LogP contribution in [-0.4, -0.2) is 53.5 Å². The van der Waals surface area contributed by atoms with E-state index in [4.69, 9.17) is 5.73 Å². The number of pyridine rings is 1. The highest BCUT2D eigenvalue weighted by molar-refractivity contribution is 7.99. The summed E-state index contributed by atoms with van der Waals surface area (Å²) >= 11 is 1.87. The molecule has 9 heteroatoms. The van der Waals surface area contributed by atoms with Gasteiger partial charge >= 0.3 is 6.18 Å². The van der Waals surface area contributed by atoms with Gasteiger partial charge in [0.2, 0.25) is 0 Å². The fraction of sp³-hybridized carbons (Fsp3) is 0.538. The van der Waals surface area contributed by atoms with Crippen LogP contribution in [0.3, 0.4) is 0 Å². The Balaban J connectivity index is 1.86. The van der Waals surface area contributed by atoms with Gasteiger partial charge < -0.3 is 16.0 Å². The third kappa shape index (κ3) is 4.69. The van der Waals surface area contributed by atoms with E-state index in [1.54, 1.807) is 0 Å². The first-order valence-corrected chi connectivity index (χ1v) is 8.02. The van der Waals surface area contributed by atoms with E-state index >= 15 is 0 Å². The van der Waals surface area contributed by atoms with Crippen LogP contribution in [0.15, 0.2) is 23.3 Å². The van der Waals surface area contributed by atoms with Crippen molar-refractivity contribution in [2.75, 3.05) is 43.0 Å². The molecule has 22 heavy (non-hydrogen) atoms. The molecule has 2 rings (SSSR count). The quantitative estimate of drug-likeness (QED) is 0.500. The number of nitrogens with one attached hydrogen (secondary N) is 1. The van der Waals surface area contributed by atoms with Gasteiger partial charge in [-0.25, -0.2) is 4.98 Å². The topological polar surface area (TPSA) is 66.5 Å². The lowest BCUT2D eigenvalue weighted by Gasteiger charge is -2.27. The summed E-state index contributed by atoms with van der Waals surface area (Å²) in [6.45, 7) is 2.24. The van der Waals surface area contributed by atoms with Gasteiger partial charge in [-0.3, -0.25) is 4.99 Å². The number of aromatic nitrogens is 1. The summed E-state index contributed by atoms with van der Waals surface area (Å²) in [5, 5.41) is 2.66. The van der Waals surface area contributed by atoms with Crippen LogP contribution in [0.4, 0.5) is 19.0 Å². The Morgan fingerprint density at radius 1 is 1.41 bits per heavy atom.